The molecule has 8 nitrogen and oxygen atoms in total. The van der Waals surface area contributed by atoms with E-state index in [1.807, 2.05) is 41.0 Å². The van der Waals surface area contributed by atoms with Crippen LogP contribution in [0.25, 0.3) is 5.52 Å². The van der Waals surface area contributed by atoms with Crippen molar-refractivity contribution >= 4 is 28.9 Å². The van der Waals surface area contributed by atoms with Gasteiger partial charge >= 0.3 is 0 Å². The maximum Gasteiger partial charge on any atom is 0.246 e. The molecule has 33 heavy (non-hydrogen) atoms. The normalized spacial score (nSPS) is 18.2. The van der Waals surface area contributed by atoms with Crippen LogP contribution in [0.1, 0.15) is 48.4 Å². The highest BCUT2D eigenvalue weighted by molar-refractivity contribution is 5.89. The summed E-state index contributed by atoms with van der Waals surface area (Å²) in [4.78, 5) is 20.2. The third kappa shape index (κ3) is 3.86. The van der Waals surface area contributed by atoms with Gasteiger partial charge in [0, 0.05) is 36.8 Å². The number of anilines is 3. The fraction of sp³-hybridized carbons (Fsp3) is 0.360. The van der Waals surface area contributed by atoms with E-state index < -0.39 is 0 Å². The Morgan fingerprint density at radius 2 is 2.06 bits per heavy atom. The lowest BCUT2D eigenvalue weighted by molar-refractivity contribution is -0.119. The number of aromatic amines is 1. The van der Waals surface area contributed by atoms with Crippen LogP contribution >= 0.6 is 0 Å². The Morgan fingerprint density at radius 1 is 1.18 bits per heavy atom. The number of fused-ring (bicyclic) bond motifs is 1. The largest absolute Gasteiger partial charge is 0.329 e. The van der Waals surface area contributed by atoms with Crippen LogP contribution in [0.2, 0.25) is 0 Å². The Hall–Kier alpha value is -3.68. The summed E-state index contributed by atoms with van der Waals surface area (Å²) in [6.45, 7) is 2.82. The number of aromatic nitrogens is 5. The van der Waals surface area contributed by atoms with E-state index in [9.17, 15) is 4.79 Å². The first-order chi connectivity index (χ1) is 16.2. The second-order valence-electron chi connectivity index (χ2n) is 9.13. The minimum absolute atomic E-state index is 0.211. The van der Waals surface area contributed by atoms with Crippen LogP contribution in [0.5, 0.6) is 0 Å². The third-order valence-corrected chi connectivity index (χ3v) is 6.75. The van der Waals surface area contributed by atoms with Crippen LogP contribution in [-0.2, 0) is 11.2 Å². The Kier molecular flexibility index (Phi) is 4.86. The number of H-pyrrole nitrogens is 1. The number of nitrogens with one attached hydrogen (secondary N) is 2. The second-order valence-corrected chi connectivity index (χ2v) is 9.13. The van der Waals surface area contributed by atoms with Gasteiger partial charge in [0.2, 0.25) is 5.95 Å². The van der Waals surface area contributed by atoms with Gasteiger partial charge in [-0.25, -0.2) is 4.52 Å². The lowest BCUT2D eigenvalue weighted by Crippen LogP contribution is -2.38. The van der Waals surface area contributed by atoms with Crippen LogP contribution in [0.4, 0.5) is 17.6 Å². The maximum absolute atomic E-state index is 13.3. The molecule has 1 atom stereocenters. The Labute approximate surface area is 192 Å². The highest BCUT2D eigenvalue weighted by atomic mass is 16.1. The van der Waals surface area contributed by atoms with Crippen molar-refractivity contribution in [3.63, 3.8) is 0 Å². The molecule has 2 aliphatic rings. The molecule has 4 aromatic rings. The van der Waals surface area contributed by atoms with Gasteiger partial charge in [-0.15, -0.1) is 5.10 Å². The summed E-state index contributed by atoms with van der Waals surface area (Å²) in [6.07, 6.45) is 6.55. The molecule has 0 radical (unpaired) electrons. The number of rotatable bonds is 7. The molecule has 2 fully saturated rings. The van der Waals surface area contributed by atoms with Crippen LogP contribution in [0, 0.1) is 6.92 Å². The molecule has 8 heteroatoms. The van der Waals surface area contributed by atoms with Crippen LogP contribution in [0.3, 0.4) is 0 Å². The van der Waals surface area contributed by atoms with Gasteiger partial charge in [-0.2, -0.15) is 10.1 Å². The van der Waals surface area contributed by atoms with Crippen molar-refractivity contribution < 1.29 is 4.79 Å². The summed E-state index contributed by atoms with van der Waals surface area (Å²) in [7, 11) is 0. The standard InChI is InChI=1S/C25H27N7O/c1-16-6-2-3-7-18(16)14-22(33)20-8-4-12-31(20)25-27-24(21-9-5-13-32(21)30-25)26-23-15-19(28-29-23)17-10-11-17/h2-3,5-7,9,13,15,17,20H,4,8,10-12,14H2,1H3,(H2,26,27,28,29,30)/t20-/m0/s1. The molecule has 0 amide bonds. The molecule has 1 saturated carbocycles. The lowest BCUT2D eigenvalue weighted by atomic mass is 9.99. The van der Waals surface area contributed by atoms with E-state index in [1.165, 1.54) is 18.5 Å². The van der Waals surface area contributed by atoms with Gasteiger partial charge in [0.25, 0.3) is 0 Å². The molecule has 2 N–H and O–H groups in total. The minimum atomic E-state index is -0.211. The minimum Gasteiger partial charge on any atom is -0.329 e. The molecule has 1 saturated heterocycles. The molecule has 0 spiro atoms. The van der Waals surface area contributed by atoms with Crippen molar-refractivity contribution in [2.24, 2.45) is 0 Å². The quantitative estimate of drug-likeness (QED) is 0.447. The fourth-order valence-electron chi connectivity index (χ4n) is 4.72. The second kappa shape index (κ2) is 8.03. The summed E-state index contributed by atoms with van der Waals surface area (Å²) < 4.78 is 1.82. The van der Waals surface area contributed by atoms with Gasteiger partial charge in [-0.05, 0) is 55.9 Å². The zero-order valence-electron chi connectivity index (χ0n) is 18.7. The number of ketones is 1. The highest BCUT2D eigenvalue weighted by Gasteiger charge is 2.33. The van der Waals surface area contributed by atoms with Crippen molar-refractivity contribution in [2.75, 3.05) is 16.8 Å². The number of hydrogen-bond acceptors (Lipinski definition) is 6. The van der Waals surface area contributed by atoms with Gasteiger partial charge < -0.3 is 10.2 Å². The zero-order chi connectivity index (χ0) is 22.4. The molecule has 1 aromatic carbocycles. The van der Waals surface area contributed by atoms with E-state index in [-0.39, 0.29) is 11.8 Å². The van der Waals surface area contributed by atoms with E-state index in [0.717, 1.165) is 41.8 Å². The molecular weight excluding hydrogens is 414 g/mol. The molecule has 4 heterocycles. The summed E-state index contributed by atoms with van der Waals surface area (Å²) in [5, 5.41) is 15.6. The SMILES string of the molecule is Cc1ccccc1CC(=O)[C@@H]1CCCN1c1nc(Nc2cc(C3CC3)[nH]n2)c2cccn2n1. The smallest absolute Gasteiger partial charge is 0.246 e. The van der Waals surface area contributed by atoms with Crippen molar-refractivity contribution in [1.82, 2.24) is 24.8 Å². The van der Waals surface area contributed by atoms with E-state index in [4.69, 9.17) is 10.1 Å². The van der Waals surface area contributed by atoms with Gasteiger partial charge in [-0.1, -0.05) is 24.3 Å². The Balaban J connectivity index is 1.28. The number of hydrogen-bond donors (Lipinski definition) is 2. The summed E-state index contributed by atoms with van der Waals surface area (Å²) in [5.41, 5.74) is 4.27. The topological polar surface area (TPSA) is 91.2 Å². The van der Waals surface area contributed by atoms with Gasteiger partial charge in [-0.3, -0.25) is 9.89 Å². The monoisotopic (exact) mass is 441 g/mol. The van der Waals surface area contributed by atoms with Crippen LogP contribution in [0.15, 0.2) is 48.7 Å². The average molecular weight is 442 g/mol. The third-order valence-electron chi connectivity index (χ3n) is 6.75. The van der Waals surface area contributed by atoms with Gasteiger partial charge in [0.15, 0.2) is 17.4 Å². The molecule has 168 valence electrons. The summed E-state index contributed by atoms with van der Waals surface area (Å²) in [5.74, 6) is 2.83. The summed E-state index contributed by atoms with van der Waals surface area (Å²) in [6, 6.07) is 13.9. The first-order valence-corrected chi connectivity index (χ1v) is 11.7. The average Bonchev–Trinajstić information content (AvgIpc) is 3.20. The summed E-state index contributed by atoms with van der Waals surface area (Å²) >= 11 is 0. The molecule has 6 rings (SSSR count). The zero-order valence-corrected chi connectivity index (χ0v) is 18.7. The molecule has 0 bridgehead atoms. The van der Waals surface area contributed by atoms with E-state index in [0.29, 0.717) is 24.1 Å². The number of Topliss-reactive ketones (excluding diaryl/α,β-unsaturated/α-hetero) is 1. The van der Waals surface area contributed by atoms with Crippen LogP contribution < -0.4 is 10.2 Å². The van der Waals surface area contributed by atoms with E-state index >= 15 is 0 Å². The van der Waals surface area contributed by atoms with E-state index in [1.54, 1.807) is 0 Å². The van der Waals surface area contributed by atoms with Crippen LogP contribution in [-0.4, -0.2) is 43.2 Å². The molecular formula is C25H27N7O. The van der Waals surface area contributed by atoms with Gasteiger partial charge in [0.05, 0.1) is 6.04 Å². The fourth-order valence-corrected chi connectivity index (χ4v) is 4.72. The molecule has 3 aromatic heterocycles. The predicted molar refractivity (Wildman–Crippen MR) is 127 cm³/mol. The number of benzene rings is 1. The molecule has 1 aliphatic carbocycles. The maximum atomic E-state index is 13.3. The lowest BCUT2D eigenvalue weighted by Gasteiger charge is -2.24. The molecule has 1 aliphatic heterocycles. The van der Waals surface area contributed by atoms with Crippen molar-refractivity contribution in [3.8, 4) is 0 Å². The van der Waals surface area contributed by atoms with Crippen molar-refractivity contribution in [3.05, 3.63) is 65.5 Å². The Morgan fingerprint density at radius 3 is 2.91 bits per heavy atom. The highest BCUT2D eigenvalue weighted by Crippen LogP contribution is 2.39. The first kappa shape index (κ1) is 20.0. The van der Waals surface area contributed by atoms with E-state index in [2.05, 4.69) is 39.5 Å². The first-order valence-electron chi connectivity index (χ1n) is 11.7. The predicted octanol–water partition coefficient (Wildman–Crippen LogP) is 4.16. The number of nitrogens with zero attached hydrogens (tertiary/aromatic N) is 5. The Bertz CT molecular complexity index is 1320. The number of carbonyl (C=O) groups excluding carboxylic acids is 1. The van der Waals surface area contributed by atoms with Gasteiger partial charge in [0.1, 0.15) is 5.52 Å². The van der Waals surface area contributed by atoms with Crippen molar-refractivity contribution in [1.29, 1.82) is 0 Å². The number of aryl methyl sites for hydroxylation is 1. The molecule has 0 unspecified atom stereocenters. The number of carbonyl (C=O) groups is 1. The van der Waals surface area contributed by atoms with Crippen molar-refractivity contribution in [2.45, 2.75) is 51.0 Å².